The molecule has 0 aliphatic carbocycles. The van der Waals surface area contributed by atoms with Crippen molar-refractivity contribution in [2.75, 3.05) is 0 Å². The molecule has 136 valence electrons. The van der Waals surface area contributed by atoms with Gasteiger partial charge in [-0.3, -0.25) is 0 Å². The Bertz CT molecular complexity index is 944. The molecule has 2 nitrogen and oxygen atoms in total. The fourth-order valence-corrected chi connectivity index (χ4v) is 3.74. The van der Waals surface area contributed by atoms with Crippen LogP contribution in [0.15, 0.2) is 36.4 Å². The number of fused-ring (bicyclic) bond motifs is 1. The number of hydrogen-bond acceptors (Lipinski definition) is 0. The maximum Gasteiger partial charge on any atom is 0.212 e. The van der Waals surface area contributed by atoms with E-state index in [1.54, 1.807) is 0 Å². The average Bonchev–Trinajstić information content (AvgIpc) is 2.89. The van der Waals surface area contributed by atoms with Crippen molar-refractivity contribution in [1.82, 2.24) is 4.57 Å². The Hall–Kier alpha value is -2.35. The zero-order chi connectivity index (χ0) is 18.7. The van der Waals surface area contributed by atoms with Crippen molar-refractivity contribution in [1.29, 1.82) is 0 Å². The summed E-state index contributed by atoms with van der Waals surface area (Å²) in [7, 11) is 2.14. The zero-order valence-corrected chi connectivity index (χ0v) is 16.8. The van der Waals surface area contributed by atoms with Crippen LogP contribution in [-0.2, 0) is 13.6 Å². The number of aryl methyl sites for hydroxylation is 3. The highest BCUT2D eigenvalue weighted by Crippen LogP contribution is 2.19. The Labute approximate surface area is 157 Å². The third-order valence-electron chi connectivity index (χ3n) is 5.40. The van der Waals surface area contributed by atoms with E-state index in [-0.39, 0.29) is 0 Å². The molecule has 0 spiro atoms. The monoisotopic (exact) mass is 347 g/mol. The van der Waals surface area contributed by atoms with Gasteiger partial charge in [-0.05, 0) is 57.0 Å². The van der Waals surface area contributed by atoms with Crippen molar-refractivity contribution in [3.05, 3.63) is 64.6 Å². The largest absolute Gasteiger partial charge is 0.349 e. The first-order chi connectivity index (χ1) is 12.5. The Morgan fingerprint density at radius 2 is 1.77 bits per heavy atom. The molecule has 0 unspecified atom stereocenters. The average molecular weight is 348 g/mol. The fraction of sp³-hybridized carbons (Fsp3) is 0.375. The van der Waals surface area contributed by atoms with Crippen molar-refractivity contribution in [3.63, 3.8) is 0 Å². The summed E-state index contributed by atoms with van der Waals surface area (Å²) in [5, 5.41) is 1.29. The third kappa shape index (κ3) is 3.75. The molecule has 0 radical (unpaired) electrons. The van der Waals surface area contributed by atoms with E-state index in [1.807, 2.05) is 0 Å². The smallest absolute Gasteiger partial charge is 0.212 e. The quantitative estimate of drug-likeness (QED) is 0.396. The molecule has 3 aromatic rings. The molecule has 0 N–H and O–H groups in total. The van der Waals surface area contributed by atoms with Gasteiger partial charge in [-0.25, -0.2) is 0 Å². The summed E-state index contributed by atoms with van der Waals surface area (Å²) in [5.74, 6) is 0. The van der Waals surface area contributed by atoms with Crippen molar-refractivity contribution < 1.29 is 4.57 Å². The Kier molecular flexibility index (Phi) is 5.61. The Balaban J connectivity index is 1.88. The first kappa shape index (κ1) is 18.4. The van der Waals surface area contributed by atoms with Crippen LogP contribution >= 0.6 is 0 Å². The number of nitrogens with zero attached hydrogens (tertiary/aromatic N) is 2. The van der Waals surface area contributed by atoms with Gasteiger partial charge < -0.3 is 4.57 Å². The molecule has 0 aliphatic rings. The van der Waals surface area contributed by atoms with E-state index in [2.05, 4.69) is 92.4 Å². The van der Waals surface area contributed by atoms with Gasteiger partial charge in [-0.15, -0.1) is 0 Å². The topological polar surface area (TPSA) is 8.81 Å². The summed E-state index contributed by atoms with van der Waals surface area (Å²) in [6.07, 6.45) is 8.32. The number of rotatable bonds is 6. The van der Waals surface area contributed by atoms with Crippen LogP contribution in [0.3, 0.4) is 0 Å². The third-order valence-corrected chi connectivity index (χ3v) is 5.40. The summed E-state index contributed by atoms with van der Waals surface area (Å²) < 4.78 is 4.73. The number of benzene rings is 1. The van der Waals surface area contributed by atoms with Gasteiger partial charge >= 0.3 is 0 Å². The second kappa shape index (κ2) is 7.90. The maximum atomic E-state index is 2.46. The molecule has 1 aromatic carbocycles. The molecule has 0 saturated heterocycles. The van der Waals surface area contributed by atoms with E-state index >= 15 is 0 Å². The lowest BCUT2D eigenvalue weighted by Gasteiger charge is -2.08. The van der Waals surface area contributed by atoms with E-state index in [1.165, 1.54) is 58.4 Å². The van der Waals surface area contributed by atoms with Crippen LogP contribution < -0.4 is 4.57 Å². The van der Waals surface area contributed by atoms with E-state index < -0.39 is 0 Å². The summed E-state index contributed by atoms with van der Waals surface area (Å²) in [4.78, 5) is 0. The second-order valence-corrected chi connectivity index (χ2v) is 7.40. The molecule has 3 rings (SSSR count). The summed E-state index contributed by atoms with van der Waals surface area (Å²) >= 11 is 0. The Morgan fingerprint density at radius 1 is 0.962 bits per heavy atom. The highest BCUT2D eigenvalue weighted by Gasteiger charge is 2.11. The molecule has 0 aliphatic heterocycles. The predicted molar refractivity (Wildman–Crippen MR) is 112 cm³/mol. The molecule has 0 atom stereocenters. The minimum Gasteiger partial charge on any atom is -0.349 e. The molecular formula is C24H31N2+. The minimum atomic E-state index is 1.13. The van der Waals surface area contributed by atoms with Crippen LogP contribution in [-0.4, -0.2) is 4.57 Å². The molecular weight excluding hydrogens is 316 g/mol. The van der Waals surface area contributed by atoms with Crippen LogP contribution in [0, 0.1) is 20.8 Å². The van der Waals surface area contributed by atoms with Gasteiger partial charge in [0, 0.05) is 41.5 Å². The van der Waals surface area contributed by atoms with Gasteiger partial charge in [0.05, 0.1) is 0 Å². The van der Waals surface area contributed by atoms with Crippen LogP contribution in [0.1, 0.15) is 54.4 Å². The van der Waals surface area contributed by atoms with Crippen molar-refractivity contribution in [3.8, 4) is 0 Å². The summed E-state index contributed by atoms with van der Waals surface area (Å²) in [6.45, 7) is 9.98. The Morgan fingerprint density at radius 3 is 2.54 bits per heavy atom. The van der Waals surface area contributed by atoms with Gasteiger partial charge in [0.25, 0.3) is 0 Å². The van der Waals surface area contributed by atoms with Crippen LogP contribution in [0.2, 0.25) is 0 Å². The maximum absolute atomic E-state index is 2.46. The predicted octanol–water partition coefficient (Wildman–Crippen LogP) is 5.75. The van der Waals surface area contributed by atoms with E-state index in [0.29, 0.717) is 0 Å². The first-order valence-electron chi connectivity index (χ1n) is 9.75. The molecule has 2 heteroatoms. The van der Waals surface area contributed by atoms with Gasteiger partial charge in [0.1, 0.15) is 7.05 Å². The molecule has 0 bridgehead atoms. The molecule has 2 aromatic heterocycles. The van der Waals surface area contributed by atoms with Gasteiger partial charge in [-0.2, -0.15) is 4.57 Å². The summed E-state index contributed by atoms with van der Waals surface area (Å²) in [5.41, 5.74) is 7.84. The van der Waals surface area contributed by atoms with Gasteiger partial charge in [-0.1, -0.05) is 31.4 Å². The fourth-order valence-electron chi connectivity index (χ4n) is 3.74. The normalized spacial score (nSPS) is 11.7. The number of aromatic nitrogens is 2. The highest BCUT2D eigenvalue weighted by atomic mass is 15.0. The number of unbranched alkanes of at least 4 members (excludes halogenated alkanes) is 2. The van der Waals surface area contributed by atoms with Crippen LogP contribution in [0.4, 0.5) is 0 Å². The van der Waals surface area contributed by atoms with E-state index in [4.69, 9.17) is 0 Å². The number of hydrogen-bond donors (Lipinski definition) is 0. The minimum absolute atomic E-state index is 1.13. The lowest BCUT2D eigenvalue weighted by Crippen LogP contribution is -2.32. The molecule has 0 saturated carbocycles. The SMILES string of the molecule is CCCCCn1c(C)cc(C=Cc2ccc3cc(C)ccc3[n+]2C)c1C. The molecule has 0 fully saturated rings. The summed E-state index contributed by atoms with van der Waals surface area (Å²) in [6, 6.07) is 13.4. The molecule has 0 amide bonds. The zero-order valence-electron chi connectivity index (χ0n) is 16.8. The number of pyridine rings is 1. The first-order valence-corrected chi connectivity index (χ1v) is 9.75. The van der Waals surface area contributed by atoms with Crippen molar-refractivity contribution in [2.24, 2.45) is 7.05 Å². The van der Waals surface area contributed by atoms with Crippen LogP contribution in [0.5, 0.6) is 0 Å². The second-order valence-electron chi connectivity index (χ2n) is 7.40. The van der Waals surface area contributed by atoms with Gasteiger partial charge in [0.15, 0.2) is 0 Å². The highest BCUT2D eigenvalue weighted by molar-refractivity contribution is 5.78. The van der Waals surface area contributed by atoms with Crippen LogP contribution in [0.25, 0.3) is 23.1 Å². The lowest BCUT2D eigenvalue weighted by atomic mass is 10.1. The van der Waals surface area contributed by atoms with Crippen molar-refractivity contribution >= 4 is 23.1 Å². The standard InChI is InChI=1S/C24H31N2/c1-6-7-8-15-26-19(3)17-21(20(26)4)10-12-23-13-11-22-16-18(2)9-14-24(22)25(23)5/h9-14,16-17H,6-8,15H2,1-5H3/q+1. The van der Waals surface area contributed by atoms with Gasteiger partial charge in [0.2, 0.25) is 11.2 Å². The molecule has 2 heterocycles. The lowest BCUT2D eigenvalue weighted by molar-refractivity contribution is -0.646. The molecule has 26 heavy (non-hydrogen) atoms. The van der Waals surface area contributed by atoms with E-state index in [9.17, 15) is 0 Å². The van der Waals surface area contributed by atoms with Crippen molar-refractivity contribution in [2.45, 2.75) is 53.5 Å². The van der Waals surface area contributed by atoms with E-state index in [0.717, 1.165) is 6.54 Å².